The summed E-state index contributed by atoms with van der Waals surface area (Å²) in [7, 11) is 0. The fourth-order valence-corrected chi connectivity index (χ4v) is 5.47. The Morgan fingerprint density at radius 3 is 2.15 bits per heavy atom. The second-order valence-electron chi connectivity index (χ2n) is 10.7. The molecule has 2 aromatic rings. The van der Waals surface area contributed by atoms with E-state index < -0.39 is 6.04 Å². The number of amides is 4. The number of allylic oxidation sites excluding steroid dienone is 2. The van der Waals surface area contributed by atoms with Gasteiger partial charge >= 0.3 is 0 Å². The summed E-state index contributed by atoms with van der Waals surface area (Å²) >= 11 is 3.45. The smallest absolute Gasteiger partial charge is 0.243 e. The van der Waals surface area contributed by atoms with Gasteiger partial charge in [-0.15, -0.1) is 0 Å². The molecule has 2 aromatic carbocycles. The third kappa shape index (κ3) is 7.24. The van der Waals surface area contributed by atoms with E-state index in [2.05, 4.69) is 21.2 Å². The van der Waals surface area contributed by atoms with Crippen molar-refractivity contribution in [1.82, 2.24) is 15.1 Å². The van der Waals surface area contributed by atoms with Gasteiger partial charge in [0.2, 0.25) is 23.6 Å². The van der Waals surface area contributed by atoms with Crippen molar-refractivity contribution in [2.75, 3.05) is 13.1 Å². The van der Waals surface area contributed by atoms with Gasteiger partial charge in [0.15, 0.2) is 0 Å². The average Bonchev–Trinajstić information content (AvgIpc) is 3.18. The van der Waals surface area contributed by atoms with Crippen LogP contribution in [0.15, 0.2) is 71.2 Å². The molecule has 1 unspecified atom stereocenters. The number of hydrogen-bond donors (Lipinski definition) is 1. The van der Waals surface area contributed by atoms with Crippen molar-refractivity contribution in [3.8, 4) is 0 Å². The highest BCUT2D eigenvalue weighted by Gasteiger charge is 2.47. The summed E-state index contributed by atoms with van der Waals surface area (Å²) in [5, 5.41) is 3.01. The van der Waals surface area contributed by atoms with Crippen LogP contribution in [0.3, 0.4) is 0 Å². The van der Waals surface area contributed by atoms with E-state index in [0.29, 0.717) is 25.8 Å². The summed E-state index contributed by atoms with van der Waals surface area (Å²) in [5.41, 5.74) is 1.82. The van der Waals surface area contributed by atoms with Gasteiger partial charge in [0.25, 0.3) is 0 Å². The van der Waals surface area contributed by atoms with Crippen LogP contribution in [0.4, 0.5) is 0 Å². The third-order valence-corrected chi connectivity index (χ3v) is 7.90. The molecule has 4 amide bonds. The van der Waals surface area contributed by atoms with Crippen LogP contribution in [0.5, 0.6) is 0 Å². The minimum absolute atomic E-state index is 0.0198. The monoisotopic (exact) mass is 593 g/mol. The molecule has 8 heteroatoms. The Bertz CT molecular complexity index is 1190. The second kappa shape index (κ2) is 13.2. The molecule has 0 radical (unpaired) electrons. The van der Waals surface area contributed by atoms with E-state index in [-0.39, 0.29) is 60.9 Å². The summed E-state index contributed by atoms with van der Waals surface area (Å²) in [6, 6.07) is 16.5. The molecule has 1 aliphatic heterocycles. The predicted octanol–water partition coefficient (Wildman–Crippen LogP) is 4.50. The lowest BCUT2D eigenvalue weighted by atomic mass is 9.85. The first kappa shape index (κ1) is 28.7. The van der Waals surface area contributed by atoms with Crippen molar-refractivity contribution in [2.24, 2.45) is 17.8 Å². The molecule has 4 rings (SSSR count). The van der Waals surface area contributed by atoms with E-state index in [4.69, 9.17) is 0 Å². The minimum Gasteiger partial charge on any atom is -0.354 e. The Labute approximate surface area is 238 Å². The van der Waals surface area contributed by atoms with Crippen molar-refractivity contribution >= 4 is 39.6 Å². The maximum atomic E-state index is 13.8. The third-order valence-electron chi connectivity index (χ3n) is 7.37. The SMILES string of the molecule is CC(C)CNC(=O)C(Cc1ccccc1)N(Cc1ccc(Br)cc1)C(=O)CCN1C(=O)[C@H]2CC=CC[C@H]2C1=O. The lowest BCUT2D eigenvalue weighted by Gasteiger charge is -2.32. The van der Waals surface area contributed by atoms with Gasteiger partial charge in [-0.3, -0.25) is 24.1 Å². The standard InChI is InChI=1S/C31H36BrN3O4/c1-21(2)19-33-29(37)27(18-22-8-4-3-5-9-22)35(20-23-12-14-24(32)15-13-23)28(36)16-17-34-30(38)25-10-6-7-11-26(25)31(34)39/h3-9,12-15,21,25-27H,10-11,16-20H2,1-2H3,(H,33,37)/t25-,26+,27?. The van der Waals surface area contributed by atoms with Crippen molar-refractivity contribution in [2.45, 2.75) is 52.1 Å². The van der Waals surface area contributed by atoms with Gasteiger partial charge in [-0.1, -0.05) is 84.4 Å². The number of rotatable bonds is 11. The van der Waals surface area contributed by atoms with Crippen LogP contribution in [0.25, 0.3) is 0 Å². The molecule has 0 bridgehead atoms. The molecule has 0 saturated carbocycles. The van der Waals surface area contributed by atoms with E-state index in [1.54, 1.807) is 4.90 Å². The summed E-state index contributed by atoms with van der Waals surface area (Å²) in [6.07, 6.45) is 5.33. The van der Waals surface area contributed by atoms with Crippen LogP contribution >= 0.6 is 15.9 Å². The maximum absolute atomic E-state index is 13.8. The summed E-state index contributed by atoms with van der Waals surface area (Å²) in [5.74, 6) is -1.29. The Hall–Kier alpha value is -3.26. The zero-order chi connectivity index (χ0) is 27.9. The zero-order valence-corrected chi connectivity index (χ0v) is 24.1. The van der Waals surface area contributed by atoms with Crippen molar-refractivity contribution < 1.29 is 19.2 Å². The lowest BCUT2D eigenvalue weighted by Crippen LogP contribution is -2.51. The van der Waals surface area contributed by atoms with Crippen LogP contribution in [0.2, 0.25) is 0 Å². The van der Waals surface area contributed by atoms with Crippen molar-refractivity contribution in [3.05, 3.63) is 82.3 Å². The van der Waals surface area contributed by atoms with Crippen LogP contribution in [-0.4, -0.2) is 52.6 Å². The van der Waals surface area contributed by atoms with E-state index in [1.807, 2.05) is 80.6 Å². The normalized spacial score (nSPS) is 19.2. The van der Waals surface area contributed by atoms with Gasteiger partial charge in [-0.05, 0) is 42.0 Å². The van der Waals surface area contributed by atoms with Gasteiger partial charge < -0.3 is 10.2 Å². The molecule has 2 aliphatic rings. The molecule has 0 spiro atoms. The average molecular weight is 595 g/mol. The molecule has 0 aromatic heterocycles. The Morgan fingerprint density at radius 2 is 1.56 bits per heavy atom. The molecular weight excluding hydrogens is 558 g/mol. The molecule has 1 N–H and O–H groups in total. The number of carbonyl (C=O) groups is 4. The summed E-state index contributed by atoms with van der Waals surface area (Å²) in [4.78, 5) is 56.2. The van der Waals surface area contributed by atoms with E-state index >= 15 is 0 Å². The van der Waals surface area contributed by atoms with E-state index in [9.17, 15) is 19.2 Å². The van der Waals surface area contributed by atoms with Gasteiger partial charge in [0, 0.05) is 36.9 Å². The topological polar surface area (TPSA) is 86.8 Å². The Morgan fingerprint density at radius 1 is 0.949 bits per heavy atom. The van der Waals surface area contributed by atoms with Crippen molar-refractivity contribution in [1.29, 1.82) is 0 Å². The first-order chi connectivity index (χ1) is 18.7. The lowest BCUT2D eigenvalue weighted by molar-refractivity contribution is -0.144. The Balaban J connectivity index is 1.57. The molecule has 1 fully saturated rings. The van der Waals surface area contributed by atoms with Crippen LogP contribution < -0.4 is 5.32 Å². The molecule has 3 atom stereocenters. The zero-order valence-electron chi connectivity index (χ0n) is 22.5. The fraction of sp³-hybridized carbons (Fsp3) is 0.419. The van der Waals surface area contributed by atoms with Crippen LogP contribution in [-0.2, 0) is 32.1 Å². The van der Waals surface area contributed by atoms with Crippen LogP contribution in [0, 0.1) is 17.8 Å². The molecule has 1 saturated heterocycles. The minimum atomic E-state index is -0.751. The van der Waals surface area contributed by atoms with Gasteiger partial charge in [0.1, 0.15) is 6.04 Å². The van der Waals surface area contributed by atoms with E-state index in [1.165, 1.54) is 4.90 Å². The fourth-order valence-electron chi connectivity index (χ4n) is 5.20. The largest absolute Gasteiger partial charge is 0.354 e. The quantitative estimate of drug-likeness (QED) is 0.307. The first-order valence-corrected chi connectivity index (χ1v) is 14.4. The molecule has 206 valence electrons. The summed E-state index contributed by atoms with van der Waals surface area (Å²) < 4.78 is 0.918. The van der Waals surface area contributed by atoms with Gasteiger partial charge in [-0.25, -0.2) is 0 Å². The summed E-state index contributed by atoms with van der Waals surface area (Å²) in [6.45, 7) is 4.79. The number of carbonyl (C=O) groups excluding carboxylic acids is 4. The second-order valence-corrected chi connectivity index (χ2v) is 11.6. The number of nitrogens with zero attached hydrogens (tertiary/aromatic N) is 2. The maximum Gasteiger partial charge on any atom is 0.243 e. The highest BCUT2D eigenvalue weighted by atomic mass is 79.9. The number of likely N-dealkylation sites (tertiary alicyclic amines) is 1. The first-order valence-electron chi connectivity index (χ1n) is 13.6. The highest BCUT2D eigenvalue weighted by Crippen LogP contribution is 2.35. The van der Waals surface area contributed by atoms with Crippen molar-refractivity contribution in [3.63, 3.8) is 0 Å². The predicted molar refractivity (Wildman–Crippen MR) is 153 cm³/mol. The number of halogens is 1. The number of nitrogens with one attached hydrogen (secondary N) is 1. The molecule has 1 aliphatic carbocycles. The number of fused-ring (bicyclic) bond motifs is 1. The van der Waals surface area contributed by atoms with E-state index in [0.717, 1.165) is 15.6 Å². The molecular formula is C31H36BrN3O4. The number of hydrogen-bond acceptors (Lipinski definition) is 4. The molecule has 7 nitrogen and oxygen atoms in total. The van der Waals surface area contributed by atoms with Gasteiger partial charge in [0.05, 0.1) is 11.8 Å². The number of benzene rings is 2. The van der Waals surface area contributed by atoms with Gasteiger partial charge in [-0.2, -0.15) is 0 Å². The highest BCUT2D eigenvalue weighted by molar-refractivity contribution is 9.10. The molecule has 1 heterocycles. The number of imide groups is 1. The molecule has 39 heavy (non-hydrogen) atoms. The Kier molecular flexibility index (Phi) is 9.73. The van der Waals surface area contributed by atoms with Crippen LogP contribution in [0.1, 0.15) is 44.2 Å².